The normalized spacial score (nSPS) is 12.4. The number of carboxylic acids is 1. The number of benzene rings is 1. The zero-order valence-corrected chi connectivity index (χ0v) is 8.36. The molecule has 1 unspecified atom stereocenters. The van der Waals surface area contributed by atoms with Crippen molar-refractivity contribution in [3.63, 3.8) is 0 Å². The van der Waals surface area contributed by atoms with Gasteiger partial charge in [-0.1, -0.05) is 28.1 Å². The quantitative estimate of drug-likeness (QED) is 0.800. The molecule has 1 aromatic carbocycles. The number of halogens is 1. The zero-order valence-electron chi connectivity index (χ0n) is 6.77. The van der Waals surface area contributed by atoms with Crippen LogP contribution in [-0.2, 0) is 4.79 Å². The summed E-state index contributed by atoms with van der Waals surface area (Å²) < 4.78 is 0. The highest BCUT2D eigenvalue weighted by Crippen LogP contribution is 2.20. The van der Waals surface area contributed by atoms with Gasteiger partial charge in [0.05, 0.1) is 5.92 Å². The average Bonchev–Trinajstić information content (AvgIpc) is 2.09. The van der Waals surface area contributed by atoms with Crippen LogP contribution in [0.5, 0.6) is 5.75 Å². The number of hydrogen-bond donors (Lipinski definition) is 2. The van der Waals surface area contributed by atoms with Gasteiger partial charge in [-0.15, -0.1) is 0 Å². The Bertz CT molecular complexity index is 294. The van der Waals surface area contributed by atoms with Gasteiger partial charge in [0, 0.05) is 5.33 Å². The number of alkyl halides is 1. The third kappa shape index (κ3) is 2.45. The Kier molecular flexibility index (Phi) is 3.31. The number of carboxylic acid groups (broad SMARTS) is 1. The van der Waals surface area contributed by atoms with Crippen molar-refractivity contribution in [2.45, 2.75) is 5.92 Å². The second-order valence-corrected chi connectivity index (χ2v) is 3.28. The number of aromatic hydroxyl groups is 1. The van der Waals surface area contributed by atoms with Crippen molar-refractivity contribution in [1.29, 1.82) is 0 Å². The zero-order chi connectivity index (χ0) is 9.84. The van der Waals surface area contributed by atoms with Gasteiger partial charge in [0.1, 0.15) is 5.75 Å². The SMILES string of the molecule is O=C(O)C(CBr)c1ccc(O)cc1. The molecular weight excluding hydrogens is 236 g/mol. The number of phenols is 1. The van der Waals surface area contributed by atoms with Crippen LogP contribution in [0.2, 0.25) is 0 Å². The van der Waals surface area contributed by atoms with Crippen LogP contribution in [-0.4, -0.2) is 21.5 Å². The monoisotopic (exact) mass is 244 g/mol. The lowest BCUT2D eigenvalue weighted by atomic mass is 10.0. The summed E-state index contributed by atoms with van der Waals surface area (Å²) in [6, 6.07) is 6.17. The summed E-state index contributed by atoms with van der Waals surface area (Å²) >= 11 is 3.13. The highest BCUT2D eigenvalue weighted by Gasteiger charge is 2.17. The molecule has 1 rings (SSSR count). The van der Waals surface area contributed by atoms with Crippen molar-refractivity contribution in [3.8, 4) is 5.75 Å². The van der Waals surface area contributed by atoms with Gasteiger partial charge in [0.25, 0.3) is 0 Å². The van der Waals surface area contributed by atoms with Gasteiger partial charge in [0.15, 0.2) is 0 Å². The van der Waals surface area contributed by atoms with Crippen LogP contribution in [0.25, 0.3) is 0 Å². The minimum Gasteiger partial charge on any atom is -0.508 e. The Labute approximate surface area is 84.1 Å². The van der Waals surface area contributed by atoms with Gasteiger partial charge in [-0.3, -0.25) is 4.79 Å². The van der Waals surface area contributed by atoms with Crippen molar-refractivity contribution >= 4 is 21.9 Å². The fourth-order valence-corrected chi connectivity index (χ4v) is 1.66. The average molecular weight is 245 g/mol. The molecule has 0 bridgehead atoms. The molecule has 0 heterocycles. The number of carbonyl (C=O) groups is 1. The van der Waals surface area contributed by atoms with E-state index >= 15 is 0 Å². The van der Waals surface area contributed by atoms with E-state index < -0.39 is 11.9 Å². The molecule has 0 saturated heterocycles. The molecule has 1 atom stereocenters. The summed E-state index contributed by atoms with van der Waals surface area (Å²) in [5.74, 6) is -1.29. The third-order valence-electron chi connectivity index (χ3n) is 1.75. The Hall–Kier alpha value is -1.03. The van der Waals surface area contributed by atoms with Crippen LogP contribution >= 0.6 is 15.9 Å². The van der Waals surface area contributed by atoms with Crippen LogP contribution in [0, 0.1) is 0 Å². The lowest BCUT2D eigenvalue weighted by Gasteiger charge is -2.08. The molecule has 2 N–H and O–H groups in total. The molecule has 3 nitrogen and oxygen atoms in total. The van der Waals surface area contributed by atoms with E-state index in [0.29, 0.717) is 10.9 Å². The topological polar surface area (TPSA) is 57.5 Å². The molecule has 0 amide bonds. The Balaban J connectivity index is 2.92. The first kappa shape index (κ1) is 10.1. The van der Waals surface area contributed by atoms with Crippen LogP contribution in [0.4, 0.5) is 0 Å². The maximum Gasteiger partial charge on any atom is 0.311 e. The third-order valence-corrected chi connectivity index (χ3v) is 2.40. The van der Waals surface area contributed by atoms with Gasteiger partial charge < -0.3 is 10.2 Å². The minimum atomic E-state index is -0.873. The lowest BCUT2D eigenvalue weighted by molar-refractivity contribution is -0.138. The molecule has 4 heteroatoms. The summed E-state index contributed by atoms with van der Waals surface area (Å²) in [4.78, 5) is 10.7. The van der Waals surface area contributed by atoms with Crippen molar-refractivity contribution in [3.05, 3.63) is 29.8 Å². The van der Waals surface area contributed by atoms with E-state index in [2.05, 4.69) is 15.9 Å². The number of hydrogen-bond acceptors (Lipinski definition) is 2. The highest BCUT2D eigenvalue weighted by atomic mass is 79.9. The Morgan fingerprint density at radius 3 is 2.31 bits per heavy atom. The predicted molar refractivity (Wildman–Crippen MR) is 52.3 cm³/mol. The van der Waals surface area contributed by atoms with E-state index in [9.17, 15) is 4.79 Å². The molecule has 0 aliphatic rings. The van der Waals surface area contributed by atoms with E-state index in [0.717, 1.165) is 0 Å². The first-order chi connectivity index (χ1) is 6.15. The molecule has 70 valence electrons. The predicted octanol–water partition coefficient (Wildman–Crippen LogP) is 1.96. The smallest absolute Gasteiger partial charge is 0.311 e. The number of phenolic OH excluding ortho intramolecular Hbond substituents is 1. The molecule has 0 aliphatic carbocycles. The maximum absolute atomic E-state index is 10.7. The number of rotatable bonds is 3. The molecule has 13 heavy (non-hydrogen) atoms. The summed E-state index contributed by atoms with van der Waals surface area (Å²) in [5, 5.41) is 18.2. The summed E-state index contributed by atoms with van der Waals surface area (Å²) in [6.45, 7) is 0. The van der Waals surface area contributed by atoms with Gasteiger partial charge in [-0.2, -0.15) is 0 Å². The second kappa shape index (κ2) is 4.28. The van der Waals surface area contributed by atoms with Gasteiger partial charge in [0.2, 0.25) is 0 Å². The van der Waals surface area contributed by atoms with Gasteiger partial charge in [-0.25, -0.2) is 0 Å². The minimum absolute atomic E-state index is 0.141. The van der Waals surface area contributed by atoms with E-state index in [1.165, 1.54) is 12.1 Å². The summed E-state index contributed by atoms with van der Waals surface area (Å²) in [6.07, 6.45) is 0. The van der Waals surface area contributed by atoms with Crippen LogP contribution in [0.1, 0.15) is 11.5 Å². The van der Waals surface area contributed by atoms with E-state index in [1.54, 1.807) is 12.1 Å². The van der Waals surface area contributed by atoms with Crippen molar-refractivity contribution in [2.24, 2.45) is 0 Å². The second-order valence-electron chi connectivity index (χ2n) is 2.64. The molecular formula is C9H9BrO3. The fourth-order valence-electron chi connectivity index (χ4n) is 1.00. The van der Waals surface area contributed by atoms with E-state index in [1.807, 2.05) is 0 Å². The van der Waals surface area contributed by atoms with Crippen LogP contribution < -0.4 is 0 Å². The standard InChI is InChI=1S/C9H9BrO3/c10-5-8(9(12)13)6-1-3-7(11)4-2-6/h1-4,8,11H,5H2,(H,12,13). The van der Waals surface area contributed by atoms with Crippen molar-refractivity contribution in [2.75, 3.05) is 5.33 Å². The Morgan fingerprint density at radius 2 is 1.92 bits per heavy atom. The molecule has 0 spiro atoms. The first-order valence-electron chi connectivity index (χ1n) is 3.73. The van der Waals surface area contributed by atoms with Crippen LogP contribution in [0.3, 0.4) is 0 Å². The maximum atomic E-state index is 10.7. The molecule has 0 aliphatic heterocycles. The Morgan fingerprint density at radius 1 is 1.38 bits per heavy atom. The van der Waals surface area contributed by atoms with E-state index in [4.69, 9.17) is 10.2 Å². The van der Waals surface area contributed by atoms with Crippen molar-refractivity contribution < 1.29 is 15.0 Å². The molecule has 0 radical (unpaired) electrons. The van der Waals surface area contributed by atoms with Crippen molar-refractivity contribution in [1.82, 2.24) is 0 Å². The fraction of sp³-hybridized carbons (Fsp3) is 0.222. The van der Waals surface area contributed by atoms with Gasteiger partial charge >= 0.3 is 5.97 Å². The highest BCUT2D eigenvalue weighted by molar-refractivity contribution is 9.09. The number of aliphatic carboxylic acids is 1. The molecule has 0 aromatic heterocycles. The molecule has 0 saturated carbocycles. The summed E-state index contributed by atoms with van der Waals surface area (Å²) in [5.41, 5.74) is 0.683. The molecule has 0 fully saturated rings. The largest absolute Gasteiger partial charge is 0.508 e. The first-order valence-corrected chi connectivity index (χ1v) is 4.85. The van der Waals surface area contributed by atoms with Gasteiger partial charge in [-0.05, 0) is 17.7 Å². The molecule has 1 aromatic rings. The lowest BCUT2D eigenvalue weighted by Crippen LogP contribution is -2.12. The summed E-state index contributed by atoms with van der Waals surface area (Å²) in [7, 11) is 0. The van der Waals surface area contributed by atoms with Crippen LogP contribution in [0.15, 0.2) is 24.3 Å². The van der Waals surface area contributed by atoms with E-state index in [-0.39, 0.29) is 5.75 Å².